The van der Waals surface area contributed by atoms with Crippen molar-refractivity contribution in [2.24, 2.45) is 0 Å². The summed E-state index contributed by atoms with van der Waals surface area (Å²) >= 11 is 0. The van der Waals surface area contributed by atoms with Crippen molar-refractivity contribution in [3.63, 3.8) is 0 Å². The van der Waals surface area contributed by atoms with Gasteiger partial charge < -0.3 is 18.7 Å². The van der Waals surface area contributed by atoms with Crippen molar-refractivity contribution in [1.29, 1.82) is 0 Å². The zero-order chi connectivity index (χ0) is 23.3. The average molecular weight is 473 g/mol. The summed E-state index contributed by atoms with van der Waals surface area (Å²) in [6, 6.07) is 14.6. The van der Waals surface area contributed by atoms with E-state index in [1.807, 2.05) is 24.3 Å². The maximum absolute atomic E-state index is 12.4. The maximum atomic E-state index is 12.4. The first-order chi connectivity index (χ1) is 16.0. The Kier molecular flexibility index (Phi) is 7.07. The van der Waals surface area contributed by atoms with Gasteiger partial charge in [0.15, 0.2) is 12.4 Å². The van der Waals surface area contributed by atoms with Gasteiger partial charge in [0.25, 0.3) is 0 Å². The van der Waals surface area contributed by atoms with Crippen LogP contribution < -0.4 is 9.46 Å². The normalized spacial score (nSPS) is 16.0. The van der Waals surface area contributed by atoms with E-state index in [4.69, 9.17) is 18.7 Å². The first kappa shape index (κ1) is 23.0. The Bertz CT molecular complexity index is 1200. The third-order valence-electron chi connectivity index (χ3n) is 5.21. The summed E-state index contributed by atoms with van der Waals surface area (Å²) in [6.07, 6.45) is 1.66. The number of rotatable bonds is 9. The van der Waals surface area contributed by atoms with Gasteiger partial charge in [-0.3, -0.25) is 0 Å². The molecule has 4 rings (SSSR count). The number of hydrogen-bond donors (Lipinski definition) is 1. The van der Waals surface area contributed by atoms with E-state index in [-0.39, 0.29) is 29.7 Å². The number of hydrogen-bond acceptors (Lipinski definition) is 8. The highest BCUT2D eigenvalue weighted by molar-refractivity contribution is 7.89. The number of carbonyl (C=O) groups excluding carboxylic acids is 1. The average Bonchev–Trinajstić information content (AvgIpc) is 3.54. The molecule has 1 unspecified atom stereocenters. The van der Waals surface area contributed by atoms with E-state index >= 15 is 0 Å². The molecule has 1 atom stereocenters. The van der Waals surface area contributed by atoms with Crippen LogP contribution in [-0.4, -0.2) is 45.9 Å². The minimum Gasteiger partial charge on any atom is -0.496 e. The van der Waals surface area contributed by atoms with Crippen molar-refractivity contribution in [3.8, 4) is 17.0 Å². The number of esters is 1. The molecule has 2 aromatic carbocycles. The summed E-state index contributed by atoms with van der Waals surface area (Å²) in [5.74, 6) is 0.401. The number of aromatic nitrogens is 1. The standard InChI is InChI=1S/C23H24N2O7S/c1-29-22-7-3-2-6-20(22)21-13-18(32-25-21)15-31-23(26)16-8-10-19(11-9-16)33(27,28)24-14-17-5-4-12-30-17/h2-3,6-11,13,17,24H,4-5,12,14-15H2,1H3. The fourth-order valence-electron chi connectivity index (χ4n) is 3.45. The Morgan fingerprint density at radius 1 is 1.18 bits per heavy atom. The van der Waals surface area contributed by atoms with Crippen molar-refractivity contribution >= 4 is 16.0 Å². The lowest BCUT2D eigenvalue weighted by molar-refractivity contribution is 0.0437. The molecule has 0 saturated carbocycles. The number of nitrogens with one attached hydrogen (secondary N) is 1. The fourth-order valence-corrected chi connectivity index (χ4v) is 4.51. The summed E-state index contributed by atoms with van der Waals surface area (Å²) < 4.78 is 48.7. The number of nitrogens with zero attached hydrogens (tertiary/aromatic N) is 1. The van der Waals surface area contributed by atoms with Crippen LogP contribution in [0, 0.1) is 0 Å². The molecule has 0 spiro atoms. The van der Waals surface area contributed by atoms with Crippen molar-refractivity contribution in [2.45, 2.75) is 30.4 Å². The molecule has 33 heavy (non-hydrogen) atoms. The Hall–Kier alpha value is -3.21. The molecular weight excluding hydrogens is 448 g/mol. The molecule has 3 aromatic rings. The number of methoxy groups -OCH3 is 1. The van der Waals surface area contributed by atoms with Gasteiger partial charge in [0, 0.05) is 24.8 Å². The first-order valence-electron chi connectivity index (χ1n) is 10.4. The van der Waals surface area contributed by atoms with Gasteiger partial charge in [0.2, 0.25) is 10.0 Å². The third-order valence-corrected chi connectivity index (χ3v) is 6.65. The van der Waals surface area contributed by atoms with E-state index in [1.54, 1.807) is 13.2 Å². The molecule has 0 amide bonds. The van der Waals surface area contributed by atoms with E-state index in [0.29, 0.717) is 23.8 Å². The fraction of sp³-hybridized carbons (Fsp3) is 0.304. The maximum Gasteiger partial charge on any atom is 0.338 e. The molecule has 10 heteroatoms. The SMILES string of the molecule is COc1ccccc1-c1cc(COC(=O)c2ccc(S(=O)(=O)NCC3CCCO3)cc2)on1. The first-order valence-corrected chi connectivity index (χ1v) is 11.9. The van der Waals surface area contributed by atoms with Crippen LogP contribution in [-0.2, 0) is 26.1 Å². The lowest BCUT2D eigenvalue weighted by Gasteiger charge is -2.11. The predicted molar refractivity (Wildman–Crippen MR) is 118 cm³/mol. The summed E-state index contributed by atoms with van der Waals surface area (Å²) in [4.78, 5) is 12.4. The van der Waals surface area contributed by atoms with Gasteiger partial charge in [-0.15, -0.1) is 0 Å². The second kappa shape index (κ2) is 10.2. The minimum atomic E-state index is -3.69. The van der Waals surface area contributed by atoms with Crippen LogP contribution >= 0.6 is 0 Å². The zero-order valence-corrected chi connectivity index (χ0v) is 18.8. The number of ether oxygens (including phenoxy) is 3. The van der Waals surface area contributed by atoms with Crippen molar-refractivity contribution < 1.29 is 31.9 Å². The quantitative estimate of drug-likeness (QED) is 0.472. The molecule has 1 saturated heterocycles. The molecule has 9 nitrogen and oxygen atoms in total. The summed E-state index contributed by atoms with van der Waals surface area (Å²) in [7, 11) is -2.12. The largest absolute Gasteiger partial charge is 0.496 e. The van der Waals surface area contributed by atoms with Crippen LogP contribution in [0.2, 0.25) is 0 Å². The number of benzene rings is 2. The van der Waals surface area contributed by atoms with E-state index < -0.39 is 16.0 Å². The van der Waals surface area contributed by atoms with Gasteiger partial charge in [-0.25, -0.2) is 17.9 Å². The highest BCUT2D eigenvalue weighted by atomic mass is 32.2. The van der Waals surface area contributed by atoms with E-state index in [9.17, 15) is 13.2 Å². The monoisotopic (exact) mass is 472 g/mol. The van der Waals surface area contributed by atoms with Crippen molar-refractivity contribution in [2.75, 3.05) is 20.3 Å². The summed E-state index contributed by atoms with van der Waals surface area (Å²) in [6.45, 7) is 0.753. The number of para-hydroxylation sites is 1. The molecule has 0 aliphatic carbocycles. The zero-order valence-electron chi connectivity index (χ0n) is 18.0. The summed E-state index contributed by atoms with van der Waals surface area (Å²) in [5, 5.41) is 4.00. The van der Waals surface area contributed by atoms with E-state index in [0.717, 1.165) is 18.4 Å². The van der Waals surface area contributed by atoms with Crippen LogP contribution in [0.15, 0.2) is 64.0 Å². The van der Waals surface area contributed by atoms with Gasteiger partial charge in [-0.05, 0) is 49.2 Å². The molecule has 1 fully saturated rings. The lowest BCUT2D eigenvalue weighted by atomic mass is 10.1. The Morgan fingerprint density at radius 3 is 2.70 bits per heavy atom. The summed E-state index contributed by atoms with van der Waals surface area (Å²) in [5.41, 5.74) is 1.53. The highest BCUT2D eigenvalue weighted by Crippen LogP contribution is 2.29. The van der Waals surface area contributed by atoms with Crippen LogP contribution in [0.25, 0.3) is 11.3 Å². The van der Waals surface area contributed by atoms with E-state index in [1.165, 1.54) is 24.3 Å². The predicted octanol–water partition coefficient (Wildman–Crippen LogP) is 3.16. The van der Waals surface area contributed by atoms with Crippen LogP contribution in [0.4, 0.5) is 0 Å². The topological polar surface area (TPSA) is 117 Å². The lowest BCUT2D eigenvalue weighted by Crippen LogP contribution is -2.31. The Morgan fingerprint density at radius 2 is 1.97 bits per heavy atom. The Balaban J connectivity index is 1.34. The van der Waals surface area contributed by atoms with Crippen molar-refractivity contribution in [3.05, 3.63) is 65.9 Å². The molecule has 1 aliphatic heterocycles. The minimum absolute atomic E-state index is 0.0636. The van der Waals surface area contributed by atoms with Crippen LogP contribution in [0.3, 0.4) is 0 Å². The Labute approximate surface area is 191 Å². The van der Waals surface area contributed by atoms with Gasteiger partial charge in [-0.2, -0.15) is 0 Å². The van der Waals surface area contributed by atoms with Gasteiger partial charge in [0.05, 0.1) is 23.7 Å². The smallest absolute Gasteiger partial charge is 0.338 e. The molecule has 0 bridgehead atoms. The van der Waals surface area contributed by atoms with Gasteiger partial charge >= 0.3 is 5.97 Å². The second-order valence-electron chi connectivity index (χ2n) is 7.47. The second-order valence-corrected chi connectivity index (χ2v) is 9.23. The molecule has 2 heterocycles. The van der Waals surface area contributed by atoms with E-state index in [2.05, 4.69) is 9.88 Å². The van der Waals surface area contributed by atoms with Gasteiger partial charge in [-0.1, -0.05) is 17.3 Å². The molecule has 1 N–H and O–H groups in total. The molecule has 1 aliphatic rings. The number of sulfonamides is 1. The molecule has 174 valence electrons. The molecule has 0 radical (unpaired) electrons. The van der Waals surface area contributed by atoms with Gasteiger partial charge in [0.1, 0.15) is 11.4 Å². The van der Waals surface area contributed by atoms with Crippen LogP contribution in [0.5, 0.6) is 5.75 Å². The highest BCUT2D eigenvalue weighted by Gasteiger charge is 2.21. The van der Waals surface area contributed by atoms with Crippen LogP contribution in [0.1, 0.15) is 29.0 Å². The third kappa shape index (κ3) is 5.59. The van der Waals surface area contributed by atoms with Crippen molar-refractivity contribution in [1.82, 2.24) is 9.88 Å². The molecule has 1 aromatic heterocycles. The number of carbonyl (C=O) groups is 1. The molecular formula is C23H24N2O7S.